The minimum absolute atomic E-state index is 1.00. The van der Waals surface area contributed by atoms with Crippen LogP contribution in [0.3, 0.4) is 0 Å². The first kappa shape index (κ1) is 6.23. The second kappa shape index (κ2) is 2.09. The van der Waals surface area contributed by atoms with Crippen molar-refractivity contribution in [3.05, 3.63) is 29.5 Å². The van der Waals surface area contributed by atoms with Crippen LogP contribution in [0, 0.1) is 0 Å². The van der Waals surface area contributed by atoms with Crippen molar-refractivity contribution in [2.45, 2.75) is 19.3 Å². The monoisotopic (exact) mass is 159 g/mol. The SMILES string of the molecule is c1cc2cnoc2c2c1CCC2. The van der Waals surface area contributed by atoms with Gasteiger partial charge in [-0.25, -0.2) is 0 Å². The van der Waals surface area contributed by atoms with Gasteiger partial charge in [-0.2, -0.15) is 0 Å². The molecule has 0 saturated carbocycles. The van der Waals surface area contributed by atoms with Crippen molar-refractivity contribution in [3.63, 3.8) is 0 Å². The zero-order valence-electron chi connectivity index (χ0n) is 6.71. The molecule has 0 saturated heterocycles. The maximum Gasteiger partial charge on any atom is 0.170 e. The Morgan fingerprint density at radius 1 is 1.25 bits per heavy atom. The summed E-state index contributed by atoms with van der Waals surface area (Å²) in [6.45, 7) is 0. The number of aromatic nitrogens is 1. The quantitative estimate of drug-likeness (QED) is 0.589. The smallest absolute Gasteiger partial charge is 0.170 e. The van der Waals surface area contributed by atoms with Gasteiger partial charge in [0.25, 0.3) is 0 Å². The van der Waals surface area contributed by atoms with E-state index in [1.54, 1.807) is 6.20 Å². The van der Waals surface area contributed by atoms with E-state index >= 15 is 0 Å². The molecule has 0 spiro atoms. The third kappa shape index (κ3) is 0.670. The number of aryl methyl sites for hydroxylation is 2. The normalized spacial score (nSPS) is 15.3. The topological polar surface area (TPSA) is 26.0 Å². The molecule has 2 nitrogen and oxygen atoms in total. The Bertz CT molecular complexity index is 430. The van der Waals surface area contributed by atoms with Crippen molar-refractivity contribution < 1.29 is 4.52 Å². The van der Waals surface area contributed by atoms with E-state index in [1.165, 1.54) is 24.0 Å². The van der Waals surface area contributed by atoms with Crippen LogP contribution >= 0.6 is 0 Å². The summed E-state index contributed by atoms with van der Waals surface area (Å²) in [6.07, 6.45) is 5.40. The maximum atomic E-state index is 5.21. The Balaban J connectivity index is 2.46. The van der Waals surface area contributed by atoms with Crippen LogP contribution in [0.5, 0.6) is 0 Å². The molecule has 0 amide bonds. The predicted octanol–water partition coefficient (Wildman–Crippen LogP) is 2.32. The van der Waals surface area contributed by atoms with Gasteiger partial charge in [0, 0.05) is 10.9 Å². The van der Waals surface area contributed by atoms with Crippen molar-refractivity contribution in [3.8, 4) is 0 Å². The van der Waals surface area contributed by atoms with Gasteiger partial charge in [0.05, 0.1) is 6.20 Å². The van der Waals surface area contributed by atoms with Gasteiger partial charge in [-0.3, -0.25) is 0 Å². The summed E-state index contributed by atoms with van der Waals surface area (Å²) < 4.78 is 5.21. The Labute approximate surface area is 70.2 Å². The molecule has 1 heterocycles. The fraction of sp³-hybridized carbons (Fsp3) is 0.300. The van der Waals surface area contributed by atoms with Crippen LogP contribution in [-0.2, 0) is 12.8 Å². The van der Waals surface area contributed by atoms with Crippen LogP contribution in [0.1, 0.15) is 17.5 Å². The van der Waals surface area contributed by atoms with Crippen molar-refractivity contribution in [2.24, 2.45) is 0 Å². The number of hydrogen-bond acceptors (Lipinski definition) is 2. The van der Waals surface area contributed by atoms with Gasteiger partial charge in [-0.1, -0.05) is 11.2 Å². The molecule has 1 aromatic carbocycles. The molecule has 0 fully saturated rings. The Morgan fingerprint density at radius 3 is 3.25 bits per heavy atom. The lowest BCUT2D eigenvalue weighted by Gasteiger charge is -1.96. The third-order valence-corrected chi connectivity index (χ3v) is 2.60. The molecule has 1 aromatic heterocycles. The van der Waals surface area contributed by atoms with Crippen LogP contribution in [0.4, 0.5) is 0 Å². The summed E-state index contributed by atoms with van der Waals surface area (Å²) in [6, 6.07) is 4.29. The van der Waals surface area contributed by atoms with E-state index in [1.807, 2.05) is 0 Å². The highest BCUT2D eigenvalue weighted by atomic mass is 16.5. The lowest BCUT2D eigenvalue weighted by molar-refractivity contribution is 0.454. The first-order valence-corrected chi connectivity index (χ1v) is 4.30. The summed E-state index contributed by atoms with van der Waals surface area (Å²) in [7, 11) is 0. The molecule has 0 N–H and O–H groups in total. The molecular formula is C10H9NO. The highest BCUT2D eigenvalue weighted by Gasteiger charge is 2.15. The van der Waals surface area contributed by atoms with E-state index in [0.29, 0.717) is 0 Å². The van der Waals surface area contributed by atoms with Gasteiger partial charge in [-0.05, 0) is 30.9 Å². The van der Waals surface area contributed by atoms with Crippen molar-refractivity contribution in [1.29, 1.82) is 0 Å². The largest absolute Gasteiger partial charge is 0.356 e. The van der Waals surface area contributed by atoms with E-state index in [-0.39, 0.29) is 0 Å². The van der Waals surface area contributed by atoms with Gasteiger partial charge < -0.3 is 4.52 Å². The highest BCUT2D eigenvalue weighted by Crippen LogP contribution is 2.29. The minimum atomic E-state index is 1.00. The summed E-state index contributed by atoms with van der Waals surface area (Å²) in [5.74, 6) is 0. The van der Waals surface area contributed by atoms with E-state index in [9.17, 15) is 0 Å². The maximum absolute atomic E-state index is 5.21. The average molecular weight is 159 g/mol. The van der Waals surface area contributed by atoms with E-state index in [0.717, 1.165) is 17.4 Å². The van der Waals surface area contributed by atoms with Crippen LogP contribution in [0.25, 0.3) is 11.0 Å². The molecule has 12 heavy (non-hydrogen) atoms. The fourth-order valence-corrected chi connectivity index (χ4v) is 2.00. The average Bonchev–Trinajstić information content (AvgIpc) is 2.71. The summed E-state index contributed by atoms with van der Waals surface area (Å²) in [5.41, 5.74) is 3.83. The standard InChI is InChI=1S/C10H9NO/c1-2-7-4-5-8-6-11-12-10(8)9(7)3-1/h4-6H,1-3H2. The molecule has 0 atom stereocenters. The molecule has 0 radical (unpaired) electrons. The van der Waals surface area contributed by atoms with Gasteiger partial charge >= 0.3 is 0 Å². The summed E-state index contributed by atoms with van der Waals surface area (Å²) in [4.78, 5) is 0. The van der Waals surface area contributed by atoms with Gasteiger partial charge in [-0.15, -0.1) is 0 Å². The lowest BCUT2D eigenvalue weighted by atomic mass is 10.1. The van der Waals surface area contributed by atoms with Crippen molar-refractivity contribution in [2.75, 3.05) is 0 Å². The molecular weight excluding hydrogens is 150 g/mol. The summed E-state index contributed by atoms with van der Waals surface area (Å²) in [5, 5.41) is 4.94. The molecule has 2 heteroatoms. The Morgan fingerprint density at radius 2 is 2.25 bits per heavy atom. The molecule has 0 unspecified atom stereocenters. The van der Waals surface area contributed by atoms with Gasteiger partial charge in [0.2, 0.25) is 0 Å². The number of benzene rings is 1. The second-order valence-corrected chi connectivity index (χ2v) is 3.30. The zero-order chi connectivity index (χ0) is 7.97. The first-order valence-electron chi connectivity index (χ1n) is 4.30. The molecule has 60 valence electrons. The molecule has 0 bridgehead atoms. The predicted molar refractivity (Wildman–Crippen MR) is 46.0 cm³/mol. The van der Waals surface area contributed by atoms with E-state index in [4.69, 9.17) is 4.52 Å². The second-order valence-electron chi connectivity index (χ2n) is 3.30. The Hall–Kier alpha value is -1.31. The molecule has 1 aliphatic carbocycles. The van der Waals surface area contributed by atoms with E-state index < -0.39 is 0 Å². The molecule has 2 aromatic rings. The van der Waals surface area contributed by atoms with Crippen LogP contribution in [0.15, 0.2) is 22.9 Å². The van der Waals surface area contributed by atoms with Crippen molar-refractivity contribution >= 4 is 11.0 Å². The summed E-state index contributed by atoms with van der Waals surface area (Å²) >= 11 is 0. The lowest BCUT2D eigenvalue weighted by Crippen LogP contribution is -1.80. The number of hydrogen-bond donors (Lipinski definition) is 0. The zero-order valence-corrected chi connectivity index (χ0v) is 6.71. The molecule has 1 aliphatic rings. The fourth-order valence-electron chi connectivity index (χ4n) is 2.00. The van der Waals surface area contributed by atoms with Crippen LogP contribution in [-0.4, -0.2) is 5.16 Å². The van der Waals surface area contributed by atoms with Gasteiger partial charge in [0.15, 0.2) is 5.58 Å². The Kier molecular flexibility index (Phi) is 1.09. The first-order chi connectivity index (χ1) is 5.95. The van der Waals surface area contributed by atoms with Crippen molar-refractivity contribution in [1.82, 2.24) is 5.16 Å². The van der Waals surface area contributed by atoms with Crippen LogP contribution < -0.4 is 0 Å². The molecule has 0 aliphatic heterocycles. The third-order valence-electron chi connectivity index (χ3n) is 2.60. The molecule has 3 rings (SSSR count). The number of nitrogens with zero attached hydrogens (tertiary/aromatic N) is 1. The van der Waals surface area contributed by atoms with Gasteiger partial charge in [0.1, 0.15) is 0 Å². The minimum Gasteiger partial charge on any atom is -0.356 e. The highest BCUT2D eigenvalue weighted by molar-refractivity contribution is 5.81. The van der Waals surface area contributed by atoms with Crippen LogP contribution in [0.2, 0.25) is 0 Å². The van der Waals surface area contributed by atoms with E-state index in [2.05, 4.69) is 17.3 Å². The number of rotatable bonds is 0. The number of fused-ring (bicyclic) bond motifs is 3.